The van der Waals surface area contributed by atoms with Gasteiger partial charge >= 0.3 is 0 Å². The molecule has 1 aromatic carbocycles. The van der Waals surface area contributed by atoms with Crippen LogP contribution in [0.5, 0.6) is 5.75 Å². The normalized spacial score (nSPS) is 16.4. The SMILES string of the molecule is C[C@@H](Oc1ccc(Br)cc1F)C(=O)NC1CC1. The number of rotatable bonds is 4. The molecule has 1 fully saturated rings. The van der Waals surface area contributed by atoms with Crippen molar-refractivity contribution in [1.29, 1.82) is 0 Å². The first-order valence-corrected chi connectivity index (χ1v) is 6.27. The van der Waals surface area contributed by atoms with Gasteiger partial charge < -0.3 is 10.1 Å². The minimum Gasteiger partial charge on any atom is -0.478 e. The molecular formula is C12H13BrFNO2. The lowest BCUT2D eigenvalue weighted by Crippen LogP contribution is -2.37. The van der Waals surface area contributed by atoms with E-state index in [-0.39, 0.29) is 17.7 Å². The first kappa shape index (κ1) is 12.4. The topological polar surface area (TPSA) is 38.3 Å². The number of carbonyl (C=O) groups is 1. The summed E-state index contributed by atoms with van der Waals surface area (Å²) in [7, 11) is 0. The van der Waals surface area contributed by atoms with Gasteiger partial charge in [0, 0.05) is 10.5 Å². The maximum atomic E-state index is 13.5. The summed E-state index contributed by atoms with van der Waals surface area (Å²) in [5, 5.41) is 2.81. The molecule has 0 spiro atoms. The molecule has 1 aromatic rings. The molecule has 2 rings (SSSR count). The summed E-state index contributed by atoms with van der Waals surface area (Å²) in [5.41, 5.74) is 0. The summed E-state index contributed by atoms with van der Waals surface area (Å²) in [6.07, 6.45) is 1.35. The van der Waals surface area contributed by atoms with Gasteiger partial charge in [-0.3, -0.25) is 4.79 Å². The van der Waals surface area contributed by atoms with Crippen molar-refractivity contribution in [3.05, 3.63) is 28.5 Å². The average molecular weight is 302 g/mol. The smallest absolute Gasteiger partial charge is 0.260 e. The lowest BCUT2D eigenvalue weighted by Gasteiger charge is -2.14. The monoisotopic (exact) mass is 301 g/mol. The maximum absolute atomic E-state index is 13.5. The summed E-state index contributed by atoms with van der Waals surface area (Å²) in [6.45, 7) is 1.61. The number of carbonyl (C=O) groups excluding carboxylic acids is 1. The molecule has 0 unspecified atom stereocenters. The standard InChI is InChI=1S/C12H13BrFNO2/c1-7(12(16)15-9-3-4-9)17-11-5-2-8(13)6-10(11)14/h2,5-7,9H,3-4H2,1H3,(H,15,16)/t7-/m1/s1. The number of hydrogen-bond acceptors (Lipinski definition) is 2. The third kappa shape index (κ3) is 3.43. The molecule has 1 aliphatic rings. The van der Waals surface area contributed by atoms with Gasteiger partial charge in [0.15, 0.2) is 17.7 Å². The second-order valence-electron chi connectivity index (χ2n) is 4.12. The highest BCUT2D eigenvalue weighted by Gasteiger charge is 2.26. The van der Waals surface area contributed by atoms with E-state index in [0.29, 0.717) is 4.47 Å². The first-order valence-electron chi connectivity index (χ1n) is 5.48. The highest BCUT2D eigenvalue weighted by atomic mass is 79.9. The van der Waals surface area contributed by atoms with Crippen molar-refractivity contribution in [3.8, 4) is 5.75 Å². The largest absolute Gasteiger partial charge is 0.478 e. The maximum Gasteiger partial charge on any atom is 0.260 e. The van der Waals surface area contributed by atoms with Crippen LogP contribution >= 0.6 is 15.9 Å². The number of ether oxygens (including phenoxy) is 1. The molecule has 0 bridgehead atoms. The number of nitrogens with one attached hydrogen (secondary N) is 1. The summed E-state index contributed by atoms with van der Waals surface area (Å²) in [5.74, 6) is -0.591. The quantitative estimate of drug-likeness (QED) is 0.928. The Morgan fingerprint density at radius 2 is 2.29 bits per heavy atom. The van der Waals surface area contributed by atoms with Crippen molar-refractivity contribution in [2.75, 3.05) is 0 Å². The number of amides is 1. The van der Waals surface area contributed by atoms with Crippen molar-refractivity contribution in [2.24, 2.45) is 0 Å². The third-order valence-corrected chi connectivity index (χ3v) is 2.98. The van der Waals surface area contributed by atoms with Gasteiger partial charge in [-0.25, -0.2) is 4.39 Å². The van der Waals surface area contributed by atoms with Crippen LogP contribution in [0.1, 0.15) is 19.8 Å². The molecule has 0 aromatic heterocycles. The van der Waals surface area contributed by atoms with Crippen LogP contribution in [-0.4, -0.2) is 18.1 Å². The van der Waals surface area contributed by atoms with Gasteiger partial charge in [0.05, 0.1) is 0 Å². The van der Waals surface area contributed by atoms with E-state index in [2.05, 4.69) is 21.2 Å². The van der Waals surface area contributed by atoms with Crippen LogP contribution in [0.15, 0.2) is 22.7 Å². The predicted octanol–water partition coefficient (Wildman–Crippen LogP) is 2.63. The number of hydrogen-bond donors (Lipinski definition) is 1. The Morgan fingerprint density at radius 3 is 2.88 bits per heavy atom. The number of halogens is 2. The second kappa shape index (κ2) is 5.04. The highest BCUT2D eigenvalue weighted by molar-refractivity contribution is 9.10. The Kier molecular flexibility index (Phi) is 3.66. The van der Waals surface area contributed by atoms with E-state index in [1.54, 1.807) is 13.0 Å². The van der Waals surface area contributed by atoms with Crippen molar-refractivity contribution < 1.29 is 13.9 Å². The van der Waals surface area contributed by atoms with Crippen LogP contribution in [0.25, 0.3) is 0 Å². The van der Waals surface area contributed by atoms with E-state index in [4.69, 9.17) is 4.74 Å². The molecule has 1 aliphatic carbocycles. The molecule has 1 N–H and O–H groups in total. The average Bonchev–Trinajstić information content (AvgIpc) is 3.06. The van der Waals surface area contributed by atoms with Gasteiger partial charge in [-0.05, 0) is 38.0 Å². The summed E-state index contributed by atoms with van der Waals surface area (Å²) < 4.78 is 19.4. The van der Waals surface area contributed by atoms with Crippen LogP contribution in [0.3, 0.4) is 0 Å². The van der Waals surface area contributed by atoms with E-state index < -0.39 is 11.9 Å². The second-order valence-corrected chi connectivity index (χ2v) is 5.03. The van der Waals surface area contributed by atoms with E-state index in [1.165, 1.54) is 12.1 Å². The number of benzene rings is 1. The van der Waals surface area contributed by atoms with Crippen LogP contribution in [0.4, 0.5) is 4.39 Å². The van der Waals surface area contributed by atoms with Crippen molar-refractivity contribution >= 4 is 21.8 Å². The molecule has 1 amide bonds. The summed E-state index contributed by atoms with van der Waals surface area (Å²) in [6, 6.07) is 4.76. The molecule has 0 heterocycles. The zero-order valence-electron chi connectivity index (χ0n) is 9.37. The molecule has 0 saturated heterocycles. The van der Waals surface area contributed by atoms with Crippen molar-refractivity contribution in [1.82, 2.24) is 5.32 Å². The van der Waals surface area contributed by atoms with Gasteiger partial charge in [0.1, 0.15) is 0 Å². The zero-order valence-corrected chi connectivity index (χ0v) is 11.0. The van der Waals surface area contributed by atoms with Crippen molar-refractivity contribution in [3.63, 3.8) is 0 Å². The Labute approximate surface area is 107 Å². The van der Waals surface area contributed by atoms with E-state index in [1.807, 2.05) is 0 Å². The van der Waals surface area contributed by atoms with Crippen LogP contribution < -0.4 is 10.1 Å². The molecule has 0 radical (unpaired) electrons. The van der Waals surface area contributed by atoms with Crippen LogP contribution in [0, 0.1) is 5.82 Å². The third-order valence-electron chi connectivity index (χ3n) is 2.49. The fraction of sp³-hybridized carbons (Fsp3) is 0.417. The molecule has 3 nitrogen and oxygen atoms in total. The lowest BCUT2D eigenvalue weighted by molar-refractivity contribution is -0.127. The Morgan fingerprint density at radius 1 is 1.59 bits per heavy atom. The minimum atomic E-state index is -0.689. The Bertz CT molecular complexity index is 435. The van der Waals surface area contributed by atoms with Crippen LogP contribution in [0.2, 0.25) is 0 Å². The summed E-state index contributed by atoms with van der Waals surface area (Å²) in [4.78, 5) is 11.6. The fourth-order valence-corrected chi connectivity index (χ4v) is 1.69. The molecular weight excluding hydrogens is 289 g/mol. The van der Waals surface area contributed by atoms with Gasteiger partial charge in [-0.15, -0.1) is 0 Å². The Hall–Kier alpha value is -1.10. The zero-order chi connectivity index (χ0) is 12.4. The summed E-state index contributed by atoms with van der Waals surface area (Å²) >= 11 is 3.16. The van der Waals surface area contributed by atoms with E-state index in [9.17, 15) is 9.18 Å². The highest BCUT2D eigenvalue weighted by Crippen LogP contribution is 2.23. The van der Waals surface area contributed by atoms with Crippen LogP contribution in [-0.2, 0) is 4.79 Å². The van der Waals surface area contributed by atoms with Crippen molar-refractivity contribution in [2.45, 2.75) is 31.9 Å². The lowest BCUT2D eigenvalue weighted by atomic mass is 10.3. The van der Waals surface area contributed by atoms with Gasteiger partial charge in [0.25, 0.3) is 5.91 Å². The van der Waals surface area contributed by atoms with Gasteiger partial charge in [-0.1, -0.05) is 15.9 Å². The van der Waals surface area contributed by atoms with E-state index >= 15 is 0 Å². The molecule has 17 heavy (non-hydrogen) atoms. The Balaban J connectivity index is 1.96. The van der Waals surface area contributed by atoms with Gasteiger partial charge in [-0.2, -0.15) is 0 Å². The van der Waals surface area contributed by atoms with Gasteiger partial charge in [0.2, 0.25) is 0 Å². The predicted molar refractivity (Wildman–Crippen MR) is 65.4 cm³/mol. The molecule has 0 aliphatic heterocycles. The molecule has 1 atom stereocenters. The van der Waals surface area contributed by atoms with E-state index in [0.717, 1.165) is 12.8 Å². The minimum absolute atomic E-state index is 0.0895. The molecule has 1 saturated carbocycles. The molecule has 92 valence electrons. The first-order chi connectivity index (χ1) is 8.06. The fourth-order valence-electron chi connectivity index (χ4n) is 1.36. The molecule has 5 heteroatoms.